The summed E-state index contributed by atoms with van der Waals surface area (Å²) in [7, 11) is 0. The third kappa shape index (κ3) is 5.25. The number of likely N-dealkylation sites (tertiary alicyclic amines) is 1. The number of amides is 1. The summed E-state index contributed by atoms with van der Waals surface area (Å²) in [4.78, 5) is 26.9. The van der Waals surface area contributed by atoms with Gasteiger partial charge in [0.15, 0.2) is 5.11 Å². The van der Waals surface area contributed by atoms with Crippen LogP contribution in [0.3, 0.4) is 0 Å². The number of carbonyl (C=O) groups is 1. The predicted octanol–water partition coefficient (Wildman–Crippen LogP) is 4.03. The van der Waals surface area contributed by atoms with Crippen molar-refractivity contribution in [2.24, 2.45) is 5.92 Å². The second-order valence-electron chi connectivity index (χ2n) is 8.01. The maximum absolute atomic E-state index is 12.7. The van der Waals surface area contributed by atoms with E-state index in [4.69, 9.17) is 47.0 Å². The van der Waals surface area contributed by atoms with E-state index >= 15 is 0 Å². The molecule has 11 heteroatoms. The smallest absolute Gasteiger partial charge is 0.252 e. The highest BCUT2D eigenvalue weighted by atomic mass is 79.9. The number of aromatic nitrogens is 1. The molecule has 0 spiro atoms. The van der Waals surface area contributed by atoms with Gasteiger partial charge in [-0.1, -0.05) is 56.8 Å². The maximum atomic E-state index is 12.7. The van der Waals surface area contributed by atoms with Crippen molar-refractivity contribution in [3.8, 4) is 0 Å². The Kier molecular flexibility index (Phi) is 7.08. The van der Waals surface area contributed by atoms with Crippen molar-refractivity contribution < 1.29 is 4.79 Å². The van der Waals surface area contributed by atoms with Crippen molar-refractivity contribution in [1.29, 1.82) is 0 Å². The lowest BCUT2D eigenvalue weighted by atomic mass is 9.83. The Bertz CT molecular complexity index is 1090. The van der Waals surface area contributed by atoms with Crippen LogP contribution in [-0.2, 0) is 6.54 Å². The van der Waals surface area contributed by atoms with Crippen molar-refractivity contribution >= 4 is 74.0 Å². The van der Waals surface area contributed by atoms with Crippen LogP contribution in [-0.4, -0.2) is 43.5 Å². The van der Waals surface area contributed by atoms with Crippen LogP contribution in [0, 0.1) is 5.92 Å². The minimum absolute atomic E-state index is 0.0262. The zero-order valence-corrected chi connectivity index (χ0v) is 21.4. The number of nitrogens with zero attached hydrogens (tertiary/aromatic N) is 2. The van der Waals surface area contributed by atoms with E-state index in [1.807, 2.05) is 15.5 Å². The molecule has 1 aromatic heterocycles. The molecule has 3 heterocycles. The lowest BCUT2D eigenvalue weighted by Crippen LogP contribution is -2.60. The topological polar surface area (TPSA) is 66.4 Å². The number of benzene rings is 1. The summed E-state index contributed by atoms with van der Waals surface area (Å²) in [6.45, 7) is 1.97. The summed E-state index contributed by atoms with van der Waals surface area (Å²) in [5.41, 5.74) is 1.47. The molecule has 2 aromatic rings. The first kappa shape index (κ1) is 23.8. The summed E-state index contributed by atoms with van der Waals surface area (Å²) >= 11 is 27.4. The number of nitrogens with one attached hydrogen (secondary N) is 2. The zero-order valence-electron chi connectivity index (χ0n) is 16.7. The Hall–Kier alpha value is -1.32. The largest absolute Gasteiger partial charge is 0.348 e. The lowest BCUT2D eigenvalue weighted by Gasteiger charge is -2.44. The number of fused-ring (bicyclic) bond motifs is 4. The molecule has 1 fully saturated rings. The van der Waals surface area contributed by atoms with Crippen molar-refractivity contribution in [3.05, 3.63) is 68.5 Å². The summed E-state index contributed by atoms with van der Waals surface area (Å²) in [5, 5.41) is 6.12. The van der Waals surface area contributed by atoms with E-state index in [9.17, 15) is 9.59 Å². The number of thiocarbonyl (C=S) groups is 1. The number of hydrogen-bond donors (Lipinski definition) is 2. The van der Waals surface area contributed by atoms with Crippen LogP contribution < -0.4 is 16.2 Å². The average molecular weight is 579 g/mol. The highest BCUT2D eigenvalue weighted by Gasteiger charge is 2.39. The minimum atomic E-state index is -1.83. The van der Waals surface area contributed by atoms with Crippen LogP contribution in [0.1, 0.15) is 28.4 Å². The predicted molar refractivity (Wildman–Crippen MR) is 135 cm³/mol. The normalized spacial score (nSPS) is 20.8. The molecule has 0 saturated carbocycles. The van der Waals surface area contributed by atoms with E-state index in [1.165, 1.54) is 0 Å². The second kappa shape index (κ2) is 9.50. The molecule has 1 aromatic carbocycles. The van der Waals surface area contributed by atoms with Crippen LogP contribution in [0.5, 0.6) is 0 Å². The Labute approximate surface area is 214 Å². The van der Waals surface area contributed by atoms with E-state index in [0.29, 0.717) is 30.3 Å². The van der Waals surface area contributed by atoms with Gasteiger partial charge in [0.1, 0.15) is 6.17 Å². The number of rotatable bonds is 3. The van der Waals surface area contributed by atoms with E-state index in [-0.39, 0.29) is 17.4 Å². The Morgan fingerprint density at radius 1 is 1.09 bits per heavy atom. The quantitative estimate of drug-likeness (QED) is 0.327. The Morgan fingerprint density at radius 2 is 1.81 bits per heavy atom. The number of hydrogen-bond acceptors (Lipinski definition) is 3. The van der Waals surface area contributed by atoms with Crippen LogP contribution >= 0.6 is 63.0 Å². The Morgan fingerprint density at radius 3 is 2.50 bits per heavy atom. The lowest BCUT2D eigenvalue weighted by molar-refractivity contribution is 0.0932. The second-order valence-corrected chi connectivity index (χ2v) is 11.7. The minimum Gasteiger partial charge on any atom is -0.348 e. The van der Waals surface area contributed by atoms with Crippen LogP contribution in [0.4, 0.5) is 0 Å². The fourth-order valence-electron chi connectivity index (χ4n) is 4.29. The van der Waals surface area contributed by atoms with E-state index < -0.39 is 15.9 Å². The van der Waals surface area contributed by atoms with Crippen LogP contribution in [0.25, 0.3) is 0 Å². The van der Waals surface area contributed by atoms with Gasteiger partial charge in [-0.05, 0) is 54.9 Å². The molecule has 4 rings (SSSR count). The third-order valence-electron chi connectivity index (χ3n) is 5.74. The van der Waals surface area contributed by atoms with Crippen molar-refractivity contribution in [2.45, 2.75) is 28.8 Å². The third-order valence-corrected chi connectivity index (χ3v) is 7.30. The number of halogens is 4. The monoisotopic (exact) mass is 576 g/mol. The van der Waals surface area contributed by atoms with Gasteiger partial charge in [-0.3, -0.25) is 9.59 Å². The van der Waals surface area contributed by atoms with Gasteiger partial charge in [-0.15, -0.1) is 0 Å². The first-order chi connectivity index (χ1) is 15.1. The summed E-state index contributed by atoms with van der Waals surface area (Å²) < 4.78 is 0.876. The molecular weight excluding hydrogens is 559 g/mol. The SMILES string of the molecule is O=C(NC(NC(=S)N1CC2C[C@@H](C1)c1cccc(=O)n1C2)C(Cl)(Cl)Cl)c1ccc(Br)cc1. The van der Waals surface area contributed by atoms with E-state index in [2.05, 4.69) is 26.6 Å². The fraction of sp³-hybridized carbons (Fsp3) is 0.381. The van der Waals surface area contributed by atoms with Gasteiger partial charge in [0, 0.05) is 47.3 Å². The highest BCUT2D eigenvalue weighted by molar-refractivity contribution is 9.10. The molecule has 0 radical (unpaired) electrons. The van der Waals surface area contributed by atoms with Gasteiger partial charge in [0.05, 0.1) is 0 Å². The standard InChI is InChI=1S/C21H20BrCl3N4O2S/c22-15-6-4-13(5-7-15)18(31)26-19(21(23,24)25)27-20(32)28-9-12-8-14(11-28)16-2-1-3-17(30)29(16)10-12/h1-7,12,14,19H,8-11H2,(H,26,31)(H,27,32)/t12?,14-,19?/m0/s1. The van der Waals surface area contributed by atoms with Crippen molar-refractivity contribution in [1.82, 2.24) is 20.1 Å². The van der Waals surface area contributed by atoms with Gasteiger partial charge < -0.3 is 20.1 Å². The Balaban J connectivity index is 1.47. The first-order valence-electron chi connectivity index (χ1n) is 10.00. The molecule has 170 valence electrons. The van der Waals surface area contributed by atoms with Crippen LogP contribution in [0.15, 0.2) is 51.7 Å². The molecule has 2 aliphatic rings. The summed E-state index contributed by atoms with van der Waals surface area (Å²) in [6, 6.07) is 12.2. The van der Waals surface area contributed by atoms with Gasteiger partial charge in [-0.2, -0.15) is 0 Å². The molecule has 3 atom stereocenters. The summed E-state index contributed by atoms with van der Waals surface area (Å²) in [6.07, 6.45) is -0.0376. The molecule has 32 heavy (non-hydrogen) atoms. The number of pyridine rings is 1. The van der Waals surface area contributed by atoms with E-state index in [1.54, 1.807) is 36.4 Å². The highest BCUT2D eigenvalue weighted by Crippen LogP contribution is 2.35. The number of carbonyl (C=O) groups excluding carboxylic acids is 1. The number of piperidine rings is 1. The average Bonchev–Trinajstić information content (AvgIpc) is 2.73. The molecule has 1 saturated heterocycles. The van der Waals surface area contributed by atoms with Gasteiger partial charge >= 0.3 is 0 Å². The molecule has 6 nitrogen and oxygen atoms in total. The fourth-order valence-corrected chi connectivity index (χ4v) is 5.15. The molecule has 0 aliphatic carbocycles. The van der Waals surface area contributed by atoms with Crippen molar-refractivity contribution in [2.75, 3.05) is 13.1 Å². The molecule has 2 bridgehead atoms. The van der Waals surface area contributed by atoms with E-state index in [0.717, 1.165) is 16.6 Å². The van der Waals surface area contributed by atoms with Gasteiger partial charge in [0.2, 0.25) is 3.79 Å². The first-order valence-corrected chi connectivity index (χ1v) is 12.3. The van der Waals surface area contributed by atoms with Crippen LogP contribution in [0.2, 0.25) is 0 Å². The molecule has 1 amide bonds. The molecular formula is C21H20BrCl3N4O2S. The van der Waals surface area contributed by atoms with Gasteiger partial charge in [-0.25, -0.2) is 0 Å². The van der Waals surface area contributed by atoms with Gasteiger partial charge in [0.25, 0.3) is 11.5 Å². The summed E-state index contributed by atoms with van der Waals surface area (Å²) in [5.74, 6) is 0.0670. The number of alkyl halides is 3. The molecule has 2 N–H and O–H groups in total. The van der Waals surface area contributed by atoms with Crippen molar-refractivity contribution in [3.63, 3.8) is 0 Å². The maximum Gasteiger partial charge on any atom is 0.252 e. The zero-order chi connectivity index (χ0) is 23.0. The molecule has 2 unspecified atom stereocenters. The molecule has 2 aliphatic heterocycles.